The number of aliphatic hydroxyl groups excluding tert-OH is 1. The lowest BCUT2D eigenvalue weighted by molar-refractivity contribution is -0.160. The second-order valence-electron chi connectivity index (χ2n) is 9.73. The van der Waals surface area contributed by atoms with Gasteiger partial charge >= 0.3 is 5.97 Å². The molecule has 4 nitrogen and oxygen atoms in total. The molecule has 25 heavy (non-hydrogen) atoms. The molecule has 1 N–H and O–H groups in total. The number of ether oxygens (including phenoxy) is 1. The SMILES string of the molecule is CC(=O)O[C@H]1CC[C@@]2(C)[C@@H](CC[C@@H]3[C@H]2CC[C@@]2(C)C(=O)[C@@H](O)C[C@@H]32)C1. The predicted octanol–water partition coefficient (Wildman–Crippen LogP) is 3.50. The Labute approximate surface area is 150 Å². The summed E-state index contributed by atoms with van der Waals surface area (Å²) in [6.07, 6.45) is 7.51. The minimum absolute atomic E-state index is 0.0934. The van der Waals surface area contributed by atoms with E-state index in [1.165, 1.54) is 13.3 Å². The van der Waals surface area contributed by atoms with Crippen LogP contribution in [0.4, 0.5) is 0 Å². The highest BCUT2D eigenvalue weighted by molar-refractivity contribution is 5.91. The smallest absolute Gasteiger partial charge is 0.302 e. The van der Waals surface area contributed by atoms with Crippen LogP contribution in [0.3, 0.4) is 0 Å². The minimum Gasteiger partial charge on any atom is -0.463 e. The van der Waals surface area contributed by atoms with Crippen molar-refractivity contribution in [2.45, 2.75) is 84.3 Å². The summed E-state index contributed by atoms with van der Waals surface area (Å²) in [5.41, 5.74) is 0.0101. The minimum atomic E-state index is -0.737. The van der Waals surface area contributed by atoms with Gasteiger partial charge in [0.15, 0.2) is 5.78 Å². The normalized spacial score (nSPS) is 52.1. The number of carbonyl (C=O) groups is 2. The first-order valence-electron chi connectivity index (χ1n) is 10.2. The van der Waals surface area contributed by atoms with Gasteiger partial charge in [-0.05, 0) is 80.5 Å². The molecular weight excluding hydrogens is 316 g/mol. The molecule has 0 saturated heterocycles. The zero-order valence-corrected chi connectivity index (χ0v) is 15.8. The monoisotopic (exact) mass is 348 g/mol. The molecule has 0 unspecified atom stereocenters. The van der Waals surface area contributed by atoms with Crippen molar-refractivity contribution in [2.24, 2.45) is 34.5 Å². The highest BCUT2D eigenvalue weighted by Crippen LogP contribution is 2.65. The lowest BCUT2D eigenvalue weighted by atomic mass is 9.45. The molecule has 0 radical (unpaired) electrons. The highest BCUT2D eigenvalue weighted by Gasteiger charge is 2.62. The summed E-state index contributed by atoms with van der Waals surface area (Å²) in [7, 11) is 0. The molecule has 4 aliphatic rings. The van der Waals surface area contributed by atoms with Crippen molar-refractivity contribution >= 4 is 11.8 Å². The molecule has 4 rings (SSSR count). The summed E-state index contributed by atoms with van der Waals surface area (Å²) in [6, 6.07) is 0. The van der Waals surface area contributed by atoms with E-state index in [4.69, 9.17) is 4.74 Å². The maximum Gasteiger partial charge on any atom is 0.302 e. The summed E-state index contributed by atoms with van der Waals surface area (Å²) in [5.74, 6) is 2.15. The molecule has 4 saturated carbocycles. The van der Waals surface area contributed by atoms with Gasteiger partial charge in [-0.1, -0.05) is 13.8 Å². The van der Waals surface area contributed by atoms with Gasteiger partial charge in [0.1, 0.15) is 12.2 Å². The number of hydrogen-bond donors (Lipinski definition) is 1. The molecule has 0 heterocycles. The van der Waals surface area contributed by atoms with E-state index in [0.717, 1.165) is 38.5 Å². The number of esters is 1. The molecule has 0 aromatic heterocycles. The Morgan fingerprint density at radius 3 is 2.56 bits per heavy atom. The molecule has 8 atom stereocenters. The van der Waals surface area contributed by atoms with Gasteiger partial charge in [0.25, 0.3) is 0 Å². The van der Waals surface area contributed by atoms with Crippen molar-refractivity contribution in [1.82, 2.24) is 0 Å². The molecule has 0 aromatic carbocycles. The Morgan fingerprint density at radius 2 is 1.84 bits per heavy atom. The zero-order chi connectivity index (χ0) is 18.0. The summed E-state index contributed by atoms with van der Waals surface area (Å²) >= 11 is 0. The van der Waals surface area contributed by atoms with Crippen LogP contribution in [-0.2, 0) is 14.3 Å². The third kappa shape index (κ3) is 2.50. The fourth-order valence-corrected chi connectivity index (χ4v) is 7.35. The van der Waals surface area contributed by atoms with Crippen molar-refractivity contribution in [3.05, 3.63) is 0 Å². The Balaban J connectivity index is 1.55. The quantitative estimate of drug-likeness (QED) is 0.737. The highest BCUT2D eigenvalue weighted by atomic mass is 16.5. The van der Waals surface area contributed by atoms with E-state index in [2.05, 4.69) is 13.8 Å². The lowest BCUT2D eigenvalue weighted by Crippen LogP contribution is -2.54. The van der Waals surface area contributed by atoms with E-state index in [1.807, 2.05) is 0 Å². The third-order valence-corrected chi connectivity index (χ3v) is 8.68. The Hall–Kier alpha value is -0.900. The molecule has 140 valence electrons. The molecule has 4 aliphatic carbocycles. The fourth-order valence-electron chi connectivity index (χ4n) is 7.35. The van der Waals surface area contributed by atoms with Crippen molar-refractivity contribution in [2.75, 3.05) is 0 Å². The molecule has 0 aromatic rings. The summed E-state index contributed by atoms with van der Waals surface area (Å²) in [5, 5.41) is 10.2. The molecule has 0 bridgehead atoms. The van der Waals surface area contributed by atoms with Gasteiger partial charge in [0.05, 0.1) is 0 Å². The number of Topliss-reactive ketones (excluding diaryl/α,β-unsaturated/α-hetero) is 1. The van der Waals surface area contributed by atoms with Crippen molar-refractivity contribution in [3.63, 3.8) is 0 Å². The first kappa shape index (κ1) is 17.5. The standard InChI is InChI=1S/C21H32O4/c1-12(22)25-14-6-8-20(2)13(10-14)4-5-15-16(20)7-9-21(3)17(15)11-18(23)19(21)24/h13-18,23H,4-11H2,1-3H3/t13-,14-,15+,16+,17-,18-,20-,21+/m0/s1. The van der Waals surface area contributed by atoms with Crippen LogP contribution in [0.15, 0.2) is 0 Å². The second-order valence-corrected chi connectivity index (χ2v) is 9.73. The molecule has 4 heteroatoms. The van der Waals surface area contributed by atoms with Crippen LogP contribution in [0, 0.1) is 34.5 Å². The van der Waals surface area contributed by atoms with E-state index in [-0.39, 0.29) is 23.3 Å². The Bertz CT molecular complexity index is 586. The third-order valence-electron chi connectivity index (χ3n) is 8.68. The predicted molar refractivity (Wildman–Crippen MR) is 93.7 cm³/mol. The van der Waals surface area contributed by atoms with Crippen LogP contribution in [-0.4, -0.2) is 29.1 Å². The maximum absolute atomic E-state index is 12.5. The van der Waals surface area contributed by atoms with Gasteiger partial charge in [-0.15, -0.1) is 0 Å². The van der Waals surface area contributed by atoms with Crippen LogP contribution in [0.5, 0.6) is 0 Å². The van der Waals surface area contributed by atoms with E-state index in [9.17, 15) is 14.7 Å². The molecule has 0 aliphatic heterocycles. The topological polar surface area (TPSA) is 63.6 Å². The average molecular weight is 348 g/mol. The van der Waals surface area contributed by atoms with Crippen LogP contribution in [0.25, 0.3) is 0 Å². The summed E-state index contributed by atoms with van der Waals surface area (Å²) in [6.45, 7) is 6.07. The Morgan fingerprint density at radius 1 is 1.08 bits per heavy atom. The van der Waals surface area contributed by atoms with Gasteiger partial charge in [-0.2, -0.15) is 0 Å². The van der Waals surface area contributed by atoms with Crippen LogP contribution in [0.2, 0.25) is 0 Å². The number of carbonyl (C=O) groups excluding carboxylic acids is 2. The van der Waals surface area contributed by atoms with Crippen LogP contribution in [0.1, 0.15) is 72.1 Å². The van der Waals surface area contributed by atoms with Crippen molar-refractivity contribution < 1.29 is 19.4 Å². The van der Waals surface area contributed by atoms with E-state index in [0.29, 0.717) is 35.5 Å². The van der Waals surface area contributed by atoms with E-state index in [1.54, 1.807) is 0 Å². The molecule has 0 amide bonds. The average Bonchev–Trinajstić information content (AvgIpc) is 2.78. The second kappa shape index (κ2) is 5.80. The largest absolute Gasteiger partial charge is 0.463 e. The van der Waals surface area contributed by atoms with Gasteiger partial charge in [-0.3, -0.25) is 9.59 Å². The van der Waals surface area contributed by atoms with Crippen molar-refractivity contribution in [3.8, 4) is 0 Å². The van der Waals surface area contributed by atoms with Gasteiger partial charge in [0.2, 0.25) is 0 Å². The first-order valence-corrected chi connectivity index (χ1v) is 10.2. The summed E-state index contributed by atoms with van der Waals surface area (Å²) in [4.78, 5) is 23.9. The zero-order valence-electron chi connectivity index (χ0n) is 15.8. The van der Waals surface area contributed by atoms with Crippen molar-refractivity contribution in [1.29, 1.82) is 0 Å². The molecular formula is C21H32O4. The number of hydrogen-bond acceptors (Lipinski definition) is 4. The summed E-state index contributed by atoms with van der Waals surface area (Å²) < 4.78 is 5.52. The van der Waals surface area contributed by atoms with Gasteiger partial charge in [0, 0.05) is 12.3 Å². The van der Waals surface area contributed by atoms with Crippen LogP contribution < -0.4 is 0 Å². The van der Waals surface area contributed by atoms with Gasteiger partial charge < -0.3 is 9.84 Å². The molecule has 0 spiro atoms. The fraction of sp³-hybridized carbons (Fsp3) is 0.905. The lowest BCUT2D eigenvalue weighted by Gasteiger charge is -2.60. The first-order chi connectivity index (χ1) is 11.8. The molecule has 4 fully saturated rings. The van der Waals surface area contributed by atoms with E-state index < -0.39 is 6.10 Å². The number of aliphatic hydroxyl groups is 1. The Kier molecular flexibility index (Phi) is 4.06. The van der Waals surface area contributed by atoms with E-state index >= 15 is 0 Å². The van der Waals surface area contributed by atoms with Crippen LogP contribution >= 0.6 is 0 Å². The number of rotatable bonds is 1. The number of fused-ring (bicyclic) bond motifs is 5. The maximum atomic E-state index is 12.5. The van der Waals surface area contributed by atoms with Gasteiger partial charge in [-0.25, -0.2) is 0 Å². The number of ketones is 1.